The molecule has 0 aliphatic carbocycles. The number of imidazole rings is 1. The van der Waals surface area contributed by atoms with Gasteiger partial charge in [-0.1, -0.05) is 13.3 Å². The van der Waals surface area contributed by atoms with Crippen molar-refractivity contribution in [2.75, 3.05) is 32.6 Å². The van der Waals surface area contributed by atoms with Crippen molar-refractivity contribution in [2.45, 2.75) is 69.2 Å². The molecule has 19 heteroatoms. The van der Waals surface area contributed by atoms with Crippen LogP contribution in [0.4, 0.5) is 5.82 Å². The lowest BCUT2D eigenvalue weighted by atomic mass is 10.1. The zero-order chi connectivity index (χ0) is 30.7. The smallest absolute Gasteiger partial charge is 0.394 e. The summed E-state index contributed by atoms with van der Waals surface area (Å²) in [6.07, 6.45) is -1.25. The molecule has 0 amide bonds. The molecule has 3 aromatic rings. The maximum Gasteiger partial charge on any atom is 0.405 e. The van der Waals surface area contributed by atoms with Gasteiger partial charge in [-0.25, -0.2) is 29.4 Å². The third-order valence-electron chi connectivity index (χ3n) is 7.29. The predicted octanol–water partition coefficient (Wildman–Crippen LogP) is -0.589. The number of nitrogens with zero attached hydrogens (tertiary/aromatic N) is 5. The monoisotopic (exact) mass is 626 g/mol. The van der Waals surface area contributed by atoms with Crippen LogP contribution in [-0.2, 0) is 27.8 Å². The summed E-state index contributed by atoms with van der Waals surface area (Å²) < 4.78 is 45.7. The summed E-state index contributed by atoms with van der Waals surface area (Å²) in [4.78, 5) is 38.4. The number of aliphatic hydroxyl groups is 2. The third kappa shape index (κ3) is 6.57. The molecule has 0 saturated carbocycles. The first-order valence-electron chi connectivity index (χ1n) is 13.7. The van der Waals surface area contributed by atoms with Crippen LogP contribution in [-0.4, -0.2) is 96.7 Å². The molecule has 2 fully saturated rings. The number of ether oxygens (including phenoxy) is 3. The van der Waals surface area contributed by atoms with E-state index in [1.807, 2.05) is 6.92 Å². The normalized spacial score (nSPS) is 28.9. The minimum Gasteiger partial charge on any atom is -0.394 e. The van der Waals surface area contributed by atoms with Crippen LogP contribution in [0.15, 0.2) is 34.5 Å². The Morgan fingerprint density at radius 1 is 1.23 bits per heavy atom. The Morgan fingerprint density at radius 2 is 2.05 bits per heavy atom. The standard InChI is InChI=1S/C24H35N8O10P/c1-3-4-6-29-43(37,39-10-15-19(35)20(38-2)23(41-15)31-7-5-16(34)30-24(31)36)42-13-8-17(40-14(13)9-33)32-12-28-18-21(25)26-11-27-22(18)32/h5,7,11-15,17,19-20,23,33,35H,3-4,6,8-10H2,1-2H3,(H,29,37)(H2,25,26,27)(H,30,34,36). The molecular formula is C24H35N8O10P. The van der Waals surface area contributed by atoms with Gasteiger partial charge in [0.25, 0.3) is 5.56 Å². The van der Waals surface area contributed by atoms with Crippen LogP contribution >= 0.6 is 7.75 Å². The number of hydrogen-bond acceptors (Lipinski definition) is 14. The van der Waals surface area contributed by atoms with Crippen molar-refractivity contribution in [1.29, 1.82) is 0 Å². The minimum atomic E-state index is -4.08. The third-order valence-corrected chi connectivity index (χ3v) is 8.93. The van der Waals surface area contributed by atoms with Crippen LogP contribution in [0.5, 0.6) is 0 Å². The number of hydrogen-bond donors (Lipinski definition) is 5. The Hall–Kier alpha value is -3.06. The average Bonchev–Trinajstić information content (AvgIpc) is 3.67. The van der Waals surface area contributed by atoms with E-state index in [1.165, 1.54) is 26.0 Å². The van der Waals surface area contributed by atoms with Gasteiger partial charge in [0.15, 0.2) is 17.7 Å². The molecule has 2 saturated heterocycles. The number of unbranched alkanes of at least 4 members (excludes halogenated alkanes) is 1. The van der Waals surface area contributed by atoms with E-state index in [9.17, 15) is 24.4 Å². The molecule has 0 bridgehead atoms. The molecule has 0 aromatic carbocycles. The van der Waals surface area contributed by atoms with Crippen LogP contribution in [0, 0.1) is 0 Å². The second kappa shape index (κ2) is 13.3. The van der Waals surface area contributed by atoms with Gasteiger partial charge < -0.3 is 30.2 Å². The van der Waals surface area contributed by atoms with Crippen molar-refractivity contribution in [1.82, 2.24) is 34.2 Å². The molecule has 0 spiro atoms. The van der Waals surface area contributed by atoms with Gasteiger partial charge in [0.1, 0.15) is 48.6 Å². The highest BCUT2D eigenvalue weighted by Crippen LogP contribution is 2.49. The highest BCUT2D eigenvalue weighted by Gasteiger charge is 2.47. The number of nitrogens with one attached hydrogen (secondary N) is 2. The van der Waals surface area contributed by atoms with Gasteiger partial charge in [0.2, 0.25) is 0 Å². The Labute approximate surface area is 244 Å². The summed E-state index contributed by atoms with van der Waals surface area (Å²) in [5.74, 6) is 0.200. The molecule has 5 rings (SSSR count). The maximum atomic E-state index is 14.0. The maximum absolute atomic E-state index is 14.0. The summed E-state index contributed by atoms with van der Waals surface area (Å²) in [6, 6.07) is 1.14. The zero-order valence-corrected chi connectivity index (χ0v) is 24.4. The molecule has 18 nitrogen and oxygen atoms in total. The van der Waals surface area contributed by atoms with Gasteiger partial charge in [0.05, 0.1) is 19.5 Å². The van der Waals surface area contributed by atoms with E-state index < -0.39 is 75.2 Å². The van der Waals surface area contributed by atoms with E-state index in [2.05, 4.69) is 25.0 Å². The molecule has 3 aromatic heterocycles. The van der Waals surface area contributed by atoms with Gasteiger partial charge in [-0.3, -0.25) is 28.0 Å². The molecular weight excluding hydrogens is 591 g/mol. The summed E-state index contributed by atoms with van der Waals surface area (Å²) in [5, 5.41) is 23.8. The second-order valence-electron chi connectivity index (χ2n) is 10.1. The number of aromatic amines is 1. The molecule has 0 radical (unpaired) electrons. The average molecular weight is 627 g/mol. The molecule has 6 N–H and O–H groups in total. The number of aliphatic hydroxyl groups excluding tert-OH is 2. The summed E-state index contributed by atoms with van der Waals surface area (Å²) in [6.45, 7) is 1.41. The van der Waals surface area contributed by atoms with Crippen LogP contribution in [0.3, 0.4) is 0 Å². The molecule has 5 heterocycles. The first-order chi connectivity index (χ1) is 20.7. The van der Waals surface area contributed by atoms with Crippen LogP contribution in [0.1, 0.15) is 38.6 Å². The number of nitrogen functional groups attached to an aromatic ring is 1. The number of nitrogens with two attached hydrogens (primary N) is 1. The molecule has 8 unspecified atom stereocenters. The van der Waals surface area contributed by atoms with Crippen molar-refractivity contribution in [2.24, 2.45) is 0 Å². The lowest BCUT2D eigenvalue weighted by Crippen LogP contribution is -2.39. The Morgan fingerprint density at radius 3 is 2.77 bits per heavy atom. The van der Waals surface area contributed by atoms with Gasteiger partial charge >= 0.3 is 13.4 Å². The van der Waals surface area contributed by atoms with Crippen LogP contribution < -0.4 is 22.1 Å². The fourth-order valence-corrected chi connectivity index (χ4v) is 6.63. The van der Waals surface area contributed by atoms with Crippen molar-refractivity contribution < 1.29 is 38.0 Å². The molecule has 2 aliphatic heterocycles. The number of fused-ring (bicyclic) bond motifs is 1. The van der Waals surface area contributed by atoms with Gasteiger partial charge in [0, 0.05) is 32.3 Å². The summed E-state index contributed by atoms with van der Waals surface area (Å²) in [5.41, 5.74) is 5.36. The second-order valence-corrected chi connectivity index (χ2v) is 11.9. The van der Waals surface area contributed by atoms with Gasteiger partial charge in [-0.15, -0.1) is 0 Å². The largest absolute Gasteiger partial charge is 0.405 e. The molecule has 43 heavy (non-hydrogen) atoms. The van der Waals surface area contributed by atoms with Gasteiger partial charge in [-0.2, -0.15) is 0 Å². The quantitative estimate of drug-likeness (QED) is 0.118. The Kier molecular flexibility index (Phi) is 9.70. The molecule has 236 valence electrons. The fourth-order valence-electron chi connectivity index (χ4n) is 5.05. The zero-order valence-electron chi connectivity index (χ0n) is 23.5. The highest BCUT2D eigenvalue weighted by atomic mass is 31.2. The van der Waals surface area contributed by atoms with Crippen LogP contribution in [0.25, 0.3) is 11.2 Å². The van der Waals surface area contributed by atoms with Crippen LogP contribution in [0.2, 0.25) is 0 Å². The predicted molar refractivity (Wildman–Crippen MR) is 149 cm³/mol. The SMILES string of the molecule is CCCCNP(=O)(OCC1OC(n2ccc(=O)[nH]c2=O)C(OC)C1O)OC1CC(n2cnc3c(N)ncnc32)OC1CO. The van der Waals surface area contributed by atoms with E-state index in [0.29, 0.717) is 24.1 Å². The van der Waals surface area contributed by atoms with E-state index in [-0.39, 0.29) is 12.2 Å². The summed E-state index contributed by atoms with van der Waals surface area (Å²) in [7, 11) is -2.75. The summed E-state index contributed by atoms with van der Waals surface area (Å²) >= 11 is 0. The van der Waals surface area contributed by atoms with E-state index in [4.69, 9.17) is 29.0 Å². The number of methoxy groups -OCH3 is 1. The lowest BCUT2D eigenvalue weighted by Gasteiger charge is -2.26. The van der Waals surface area contributed by atoms with Crippen molar-refractivity contribution in [3.8, 4) is 0 Å². The molecule has 2 aliphatic rings. The number of aromatic nitrogens is 6. The van der Waals surface area contributed by atoms with Crippen molar-refractivity contribution >= 4 is 24.7 Å². The topological polar surface area (TPSA) is 240 Å². The molecule has 8 atom stereocenters. The number of H-pyrrole nitrogens is 1. The first kappa shape index (κ1) is 31.4. The van der Waals surface area contributed by atoms with Gasteiger partial charge in [-0.05, 0) is 6.42 Å². The lowest BCUT2D eigenvalue weighted by molar-refractivity contribution is -0.0634. The highest BCUT2D eigenvalue weighted by molar-refractivity contribution is 7.51. The fraction of sp³-hybridized carbons (Fsp3) is 0.625. The minimum absolute atomic E-state index is 0.162. The van der Waals surface area contributed by atoms with E-state index in [0.717, 1.165) is 17.1 Å². The van der Waals surface area contributed by atoms with E-state index in [1.54, 1.807) is 4.57 Å². The Bertz CT molecular complexity index is 1560. The Balaban J connectivity index is 1.31. The van der Waals surface area contributed by atoms with Crippen molar-refractivity contribution in [3.63, 3.8) is 0 Å². The number of rotatable bonds is 13. The number of anilines is 1. The van der Waals surface area contributed by atoms with E-state index >= 15 is 0 Å². The van der Waals surface area contributed by atoms with Crippen molar-refractivity contribution in [3.05, 3.63) is 45.8 Å². The first-order valence-corrected chi connectivity index (χ1v) is 15.3.